The number of ether oxygens (including phenoxy) is 3. The Bertz CT molecular complexity index is 297. The molecular formula is C22H44Cl2O3. The molecule has 0 aromatic heterocycles. The van der Waals surface area contributed by atoms with Gasteiger partial charge in [0.05, 0.1) is 0 Å². The van der Waals surface area contributed by atoms with Crippen LogP contribution in [0.2, 0.25) is 0 Å². The predicted octanol–water partition coefficient (Wildman–Crippen LogP) is 7.38. The van der Waals surface area contributed by atoms with Crippen LogP contribution in [0.25, 0.3) is 0 Å². The smallest absolute Gasteiger partial charge is 0.160 e. The molecule has 0 aliphatic rings. The van der Waals surface area contributed by atoms with Crippen molar-refractivity contribution in [3.8, 4) is 0 Å². The number of alkyl halides is 2. The number of hydrogen-bond donors (Lipinski definition) is 0. The Kier molecular flexibility index (Phi) is 17.6. The highest BCUT2D eigenvalue weighted by Gasteiger charge is 2.18. The minimum Gasteiger partial charge on any atom is -0.353 e. The minimum absolute atomic E-state index is 0.188. The highest BCUT2D eigenvalue weighted by atomic mass is 35.5. The summed E-state index contributed by atoms with van der Waals surface area (Å²) in [4.78, 5) is 0. The third kappa shape index (κ3) is 17.1. The molecule has 0 saturated heterocycles. The van der Waals surface area contributed by atoms with Crippen molar-refractivity contribution in [3.05, 3.63) is 0 Å². The van der Waals surface area contributed by atoms with Gasteiger partial charge >= 0.3 is 0 Å². The summed E-state index contributed by atoms with van der Waals surface area (Å²) in [6.07, 6.45) is 8.01. The quantitative estimate of drug-likeness (QED) is 0.169. The zero-order chi connectivity index (χ0) is 20.7. The molecule has 164 valence electrons. The zero-order valence-corrected chi connectivity index (χ0v) is 20.0. The molecule has 0 saturated carbocycles. The van der Waals surface area contributed by atoms with Crippen LogP contribution in [0.1, 0.15) is 92.9 Å². The molecule has 0 heterocycles. The van der Waals surface area contributed by atoms with E-state index >= 15 is 0 Å². The van der Waals surface area contributed by atoms with Crippen LogP contribution in [0.15, 0.2) is 0 Å². The molecule has 6 unspecified atom stereocenters. The molecule has 0 bridgehead atoms. The highest BCUT2D eigenvalue weighted by molar-refractivity contribution is 6.20. The lowest BCUT2D eigenvalue weighted by molar-refractivity contribution is -0.247. The summed E-state index contributed by atoms with van der Waals surface area (Å²) in [5, 5.41) is 0.482. The van der Waals surface area contributed by atoms with E-state index in [1.165, 1.54) is 0 Å². The van der Waals surface area contributed by atoms with E-state index in [9.17, 15) is 0 Å². The molecule has 6 atom stereocenters. The van der Waals surface area contributed by atoms with Gasteiger partial charge in [0.1, 0.15) is 0 Å². The lowest BCUT2D eigenvalue weighted by Gasteiger charge is -2.25. The molecule has 0 amide bonds. The molecule has 0 aliphatic carbocycles. The molecule has 0 aromatic carbocycles. The molecule has 0 fully saturated rings. The third-order valence-corrected chi connectivity index (χ3v) is 5.09. The molecule has 0 spiro atoms. The van der Waals surface area contributed by atoms with Gasteiger partial charge in [-0.05, 0) is 78.1 Å². The fourth-order valence-electron chi connectivity index (χ4n) is 3.53. The summed E-state index contributed by atoms with van der Waals surface area (Å²) in [6.45, 7) is 14.0. The van der Waals surface area contributed by atoms with Gasteiger partial charge in [-0.2, -0.15) is 0 Å². The maximum atomic E-state index is 6.16. The molecule has 0 aromatic rings. The fraction of sp³-hybridized carbons (Fsp3) is 1.00. The first-order valence-corrected chi connectivity index (χ1v) is 11.8. The molecule has 5 heteroatoms. The Morgan fingerprint density at radius 1 is 0.630 bits per heavy atom. The van der Waals surface area contributed by atoms with Crippen molar-refractivity contribution >= 4 is 23.2 Å². The summed E-state index contributed by atoms with van der Waals surface area (Å²) < 4.78 is 17.8. The van der Waals surface area contributed by atoms with Gasteiger partial charge in [-0.25, -0.2) is 0 Å². The second kappa shape index (κ2) is 17.3. The van der Waals surface area contributed by atoms with Crippen molar-refractivity contribution in [3.63, 3.8) is 0 Å². The minimum atomic E-state index is -0.188. The van der Waals surface area contributed by atoms with E-state index in [0.29, 0.717) is 25.0 Å². The second-order valence-electron chi connectivity index (χ2n) is 8.01. The first-order chi connectivity index (χ1) is 12.8. The topological polar surface area (TPSA) is 27.7 Å². The third-order valence-electron chi connectivity index (χ3n) is 4.74. The summed E-state index contributed by atoms with van der Waals surface area (Å²) in [7, 11) is 0. The van der Waals surface area contributed by atoms with E-state index in [2.05, 4.69) is 27.7 Å². The molecule has 0 rings (SSSR count). The van der Waals surface area contributed by atoms with Crippen LogP contribution in [-0.4, -0.2) is 36.5 Å². The van der Waals surface area contributed by atoms with E-state index in [0.717, 1.165) is 51.4 Å². The van der Waals surface area contributed by atoms with Gasteiger partial charge in [-0.3, -0.25) is 0 Å². The predicted molar refractivity (Wildman–Crippen MR) is 118 cm³/mol. The molecule has 27 heavy (non-hydrogen) atoms. The maximum absolute atomic E-state index is 6.16. The summed E-state index contributed by atoms with van der Waals surface area (Å²) in [5.41, 5.74) is 0. The van der Waals surface area contributed by atoms with E-state index in [1.54, 1.807) is 0 Å². The lowest BCUT2D eigenvalue weighted by atomic mass is 9.99. The van der Waals surface area contributed by atoms with Gasteiger partial charge in [-0.1, -0.05) is 26.7 Å². The van der Waals surface area contributed by atoms with Crippen molar-refractivity contribution in [1.29, 1.82) is 0 Å². The standard InChI is InChI=1S/C22H44Cl2O3/c1-7-25-21(13-9-11-17(3)15-19(5)23)27-22(26-8-2)14-10-12-18(4)16-20(6)24/h17-22H,7-16H2,1-6H3. The first-order valence-electron chi connectivity index (χ1n) is 10.9. The van der Waals surface area contributed by atoms with E-state index < -0.39 is 0 Å². The summed E-state index contributed by atoms with van der Waals surface area (Å²) in [5.74, 6) is 1.27. The highest BCUT2D eigenvalue weighted by Crippen LogP contribution is 2.22. The van der Waals surface area contributed by atoms with Gasteiger partial charge in [0.15, 0.2) is 12.6 Å². The number of hydrogen-bond acceptors (Lipinski definition) is 3. The van der Waals surface area contributed by atoms with Gasteiger partial charge in [0.25, 0.3) is 0 Å². The van der Waals surface area contributed by atoms with Crippen molar-refractivity contribution in [2.45, 2.75) is 116 Å². The Morgan fingerprint density at radius 3 is 1.30 bits per heavy atom. The number of halogens is 2. The van der Waals surface area contributed by atoms with Crippen LogP contribution < -0.4 is 0 Å². The van der Waals surface area contributed by atoms with Crippen molar-refractivity contribution in [2.24, 2.45) is 11.8 Å². The van der Waals surface area contributed by atoms with E-state index in [4.69, 9.17) is 37.4 Å². The van der Waals surface area contributed by atoms with Crippen LogP contribution in [0.3, 0.4) is 0 Å². The van der Waals surface area contributed by atoms with Crippen LogP contribution in [0.5, 0.6) is 0 Å². The molecule has 0 radical (unpaired) electrons. The Morgan fingerprint density at radius 2 is 1.00 bits per heavy atom. The van der Waals surface area contributed by atoms with Crippen LogP contribution >= 0.6 is 23.2 Å². The monoisotopic (exact) mass is 426 g/mol. The lowest BCUT2D eigenvalue weighted by Crippen LogP contribution is -2.27. The zero-order valence-electron chi connectivity index (χ0n) is 18.5. The van der Waals surface area contributed by atoms with Crippen molar-refractivity contribution in [1.82, 2.24) is 0 Å². The first kappa shape index (κ1) is 27.5. The molecule has 3 nitrogen and oxygen atoms in total. The Labute approximate surface area is 178 Å². The van der Waals surface area contributed by atoms with Crippen LogP contribution in [0.4, 0.5) is 0 Å². The summed E-state index contributed by atoms with van der Waals surface area (Å²) in [6, 6.07) is 0. The molecular weight excluding hydrogens is 383 g/mol. The van der Waals surface area contributed by atoms with E-state index in [-0.39, 0.29) is 23.3 Å². The SMILES string of the molecule is CCOC(CCCC(C)CC(C)Cl)OC(CCCC(C)CC(C)Cl)OCC. The summed E-state index contributed by atoms with van der Waals surface area (Å²) >= 11 is 12.2. The largest absolute Gasteiger partial charge is 0.353 e. The number of rotatable bonds is 18. The molecule has 0 aliphatic heterocycles. The van der Waals surface area contributed by atoms with Gasteiger partial charge in [-0.15, -0.1) is 23.2 Å². The van der Waals surface area contributed by atoms with Gasteiger partial charge in [0.2, 0.25) is 0 Å². The Balaban J connectivity index is 4.30. The fourth-order valence-corrected chi connectivity index (χ4v) is 4.14. The van der Waals surface area contributed by atoms with Gasteiger partial charge < -0.3 is 14.2 Å². The maximum Gasteiger partial charge on any atom is 0.160 e. The normalized spacial score (nSPS) is 18.7. The second-order valence-corrected chi connectivity index (χ2v) is 9.50. The van der Waals surface area contributed by atoms with Crippen molar-refractivity contribution in [2.75, 3.05) is 13.2 Å². The van der Waals surface area contributed by atoms with Crippen LogP contribution in [-0.2, 0) is 14.2 Å². The molecule has 0 N–H and O–H groups in total. The van der Waals surface area contributed by atoms with Gasteiger partial charge in [0, 0.05) is 24.0 Å². The average Bonchev–Trinajstić information content (AvgIpc) is 2.53. The Hall–Kier alpha value is 0.460. The average molecular weight is 427 g/mol. The van der Waals surface area contributed by atoms with Crippen molar-refractivity contribution < 1.29 is 14.2 Å². The van der Waals surface area contributed by atoms with E-state index in [1.807, 2.05) is 13.8 Å². The van der Waals surface area contributed by atoms with Crippen LogP contribution in [0, 0.1) is 11.8 Å².